The maximum absolute atomic E-state index is 11.9. The average molecular weight is 234 g/mol. The Labute approximate surface area is 99.3 Å². The van der Waals surface area contributed by atoms with Crippen LogP contribution in [0.5, 0.6) is 0 Å². The van der Waals surface area contributed by atoms with Crippen molar-refractivity contribution in [2.75, 3.05) is 13.1 Å². The van der Waals surface area contributed by atoms with E-state index >= 15 is 0 Å². The van der Waals surface area contributed by atoms with E-state index in [1.54, 1.807) is 11.3 Å². The third-order valence-corrected chi connectivity index (χ3v) is 3.87. The highest BCUT2D eigenvalue weighted by Gasteiger charge is 2.22. The molecule has 1 aliphatic heterocycles. The van der Waals surface area contributed by atoms with E-state index in [1.807, 2.05) is 22.4 Å². The van der Waals surface area contributed by atoms with Crippen molar-refractivity contribution >= 4 is 17.2 Å². The first-order valence-electron chi connectivity index (χ1n) is 5.52. The Hall–Kier alpha value is -1.34. The molecule has 1 saturated heterocycles. The topological polar surface area (TPSA) is 44.1 Å². The molecule has 1 aromatic rings. The van der Waals surface area contributed by atoms with Gasteiger partial charge in [0.2, 0.25) is 5.91 Å². The Kier molecular flexibility index (Phi) is 3.58. The SMILES string of the molecule is N#CC(CC(=O)N1CCCC1)c1cccs1. The number of rotatable bonds is 3. The van der Waals surface area contributed by atoms with Crippen molar-refractivity contribution in [2.45, 2.75) is 25.2 Å². The summed E-state index contributed by atoms with van der Waals surface area (Å²) >= 11 is 1.55. The van der Waals surface area contributed by atoms with Gasteiger partial charge in [0.15, 0.2) is 0 Å². The fourth-order valence-electron chi connectivity index (χ4n) is 1.97. The van der Waals surface area contributed by atoms with Crippen molar-refractivity contribution in [3.8, 4) is 6.07 Å². The van der Waals surface area contributed by atoms with Gasteiger partial charge in [-0.05, 0) is 24.3 Å². The minimum atomic E-state index is -0.270. The lowest BCUT2D eigenvalue weighted by molar-refractivity contribution is -0.130. The molecule has 1 fully saturated rings. The predicted molar refractivity (Wildman–Crippen MR) is 63.1 cm³/mol. The normalized spacial score (nSPS) is 17.1. The van der Waals surface area contributed by atoms with Crippen molar-refractivity contribution < 1.29 is 4.79 Å². The molecule has 0 N–H and O–H groups in total. The van der Waals surface area contributed by atoms with Crippen molar-refractivity contribution in [1.29, 1.82) is 5.26 Å². The molecule has 3 nitrogen and oxygen atoms in total. The lowest BCUT2D eigenvalue weighted by Gasteiger charge is -2.16. The standard InChI is InChI=1S/C12H14N2OS/c13-9-10(11-4-3-7-16-11)8-12(15)14-5-1-2-6-14/h3-4,7,10H,1-2,5-6,8H2. The molecule has 0 radical (unpaired) electrons. The third-order valence-electron chi connectivity index (χ3n) is 2.88. The molecule has 1 aromatic heterocycles. The molecule has 0 spiro atoms. The Morgan fingerprint density at radius 1 is 1.56 bits per heavy atom. The van der Waals surface area contributed by atoms with Crippen LogP contribution in [0.2, 0.25) is 0 Å². The second-order valence-electron chi connectivity index (χ2n) is 3.99. The molecule has 1 aliphatic rings. The number of likely N-dealkylation sites (tertiary alicyclic amines) is 1. The summed E-state index contributed by atoms with van der Waals surface area (Å²) in [6.45, 7) is 1.73. The molecular formula is C12H14N2OS. The van der Waals surface area contributed by atoms with Crippen LogP contribution < -0.4 is 0 Å². The van der Waals surface area contributed by atoms with Gasteiger partial charge in [0.25, 0.3) is 0 Å². The van der Waals surface area contributed by atoms with Gasteiger partial charge in [0.1, 0.15) is 0 Å². The highest BCUT2D eigenvalue weighted by atomic mass is 32.1. The molecule has 0 aliphatic carbocycles. The molecular weight excluding hydrogens is 220 g/mol. The van der Waals surface area contributed by atoms with Gasteiger partial charge in [0.05, 0.1) is 12.0 Å². The quantitative estimate of drug-likeness (QED) is 0.806. The summed E-state index contributed by atoms with van der Waals surface area (Å²) < 4.78 is 0. The van der Waals surface area contributed by atoms with Gasteiger partial charge in [0, 0.05) is 24.4 Å². The predicted octanol–water partition coefficient (Wildman–Crippen LogP) is 2.37. The number of nitriles is 1. The van der Waals surface area contributed by atoms with E-state index in [9.17, 15) is 4.79 Å². The second kappa shape index (κ2) is 5.13. The van der Waals surface area contributed by atoms with E-state index in [4.69, 9.17) is 5.26 Å². The fraction of sp³-hybridized carbons (Fsp3) is 0.500. The first-order chi connectivity index (χ1) is 7.81. The molecule has 1 unspecified atom stereocenters. The van der Waals surface area contributed by atoms with Crippen LogP contribution in [0.25, 0.3) is 0 Å². The smallest absolute Gasteiger partial charge is 0.224 e. The van der Waals surface area contributed by atoms with E-state index < -0.39 is 0 Å². The van der Waals surface area contributed by atoms with Gasteiger partial charge in [-0.1, -0.05) is 6.07 Å². The van der Waals surface area contributed by atoms with E-state index in [2.05, 4.69) is 6.07 Å². The minimum Gasteiger partial charge on any atom is -0.343 e. The molecule has 0 aromatic carbocycles. The van der Waals surface area contributed by atoms with Crippen molar-refractivity contribution in [1.82, 2.24) is 4.90 Å². The lowest BCUT2D eigenvalue weighted by atomic mass is 10.0. The van der Waals surface area contributed by atoms with Gasteiger partial charge >= 0.3 is 0 Å². The maximum atomic E-state index is 11.9. The van der Waals surface area contributed by atoms with Crippen molar-refractivity contribution in [3.63, 3.8) is 0 Å². The number of hydrogen-bond acceptors (Lipinski definition) is 3. The van der Waals surface area contributed by atoms with Gasteiger partial charge in [-0.25, -0.2) is 0 Å². The lowest BCUT2D eigenvalue weighted by Crippen LogP contribution is -2.28. The third kappa shape index (κ3) is 2.42. The number of amides is 1. The molecule has 4 heteroatoms. The van der Waals surface area contributed by atoms with E-state index in [0.29, 0.717) is 6.42 Å². The minimum absolute atomic E-state index is 0.123. The first-order valence-corrected chi connectivity index (χ1v) is 6.40. The van der Waals surface area contributed by atoms with E-state index in [-0.39, 0.29) is 11.8 Å². The zero-order chi connectivity index (χ0) is 11.4. The zero-order valence-corrected chi connectivity index (χ0v) is 9.87. The highest BCUT2D eigenvalue weighted by Crippen LogP contribution is 2.25. The van der Waals surface area contributed by atoms with Crippen LogP contribution in [0.15, 0.2) is 17.5 Å². The van der Waals surface area contributed by atoms with Crippen LogP contribution in [0.4, 0.5) is 0 Å². The van der Waals surface area contributed by atoms with Crippen LogP contribution in [-0.4, -0.2) is 23.9 Å². The van der Waals surface area contributed by atoms with Crippen LogP contribution in [0.1, 0.15) is 30.1 Å². The molecule has 0 saturated carbocycles. The van der Waals surface area contributed by atoms with Gasteiger partial charge in [-0.15, -0.1) is 11.3 Å². The van der Waals surface area contributed by atoms with Gasteiger partial charge in [-0.2, -0.15) is 5.26 Å². The van der Waals surface area contributed by atoms with Crippen LogP contribution >= 0.6 is 11.3 Å². The number of nitrogens with zero attached hydrogens (tertiary/aromatic N) is 2. The van der Waals surface area contributed by atoms with Crippen molar-refractivity contribution in [2.24, 2.45) is 0 Å². The van der Waals surface area contributed by atoms with Crippen LogP contribution in [0.3, 0.4) is 0 Å². The summed E-state index contributed by atoms with van der Waals surface area (Å²) in [5.41, 5.74) is 0. The number of hydrogen-bond donors (Lipinski definition) is 0. The number of carbonyl (C=O) groups excluding carboxylic acids is 1. The summed E-state index contributed by atoms with van der Waals surface area (Å²) in [6.07, 6.45) is 2.53. The summed E-state index contributed by atoms with van der Waals surface area (Å²) in [5, 5.41) is 11.0. The van der Waals surface area contributed by atoms with E-state index in [1.165, 1.54) is 0 Å². The zero-order valence-electron chi connectivity index (χ0n) is 9.06. The molecule has 1 amide bonds. The number of thiophene rings is 1. The molecule has 2 heterocycles. The molecule has 2 rings (SSSR count). The average Bonchev–Trinajstić information content (AvgIpc) is 2.96. The summed E-state index contributed by atoms with van der Waals surface area (Å²) in [4.78, 5) is 14.8. The Morgan fingerprint density at radius 2 is 2.31 bits per heavy atom. The molecule has 1 atom stereocenters. The largest absolute Gasteiger partial charge is 0.343 e. The van der Waals surface area contributed by atoms with Crippen molar-refractivity contribution in [3.05, 3.63) is 22.4 Å². The molecule has 16 heavy (non-hydrogen) atoms. The summed E-state index contributed by atoms with van der Waals surface area (Å²) in [5.74, 6) is -0.148. The maximum Gasteiger partial charge on any atom is 0.224 e. The fourth-order valence-corrected chi connectivity index (χ4v) is 2.74. The summed E-state index contributed by atoms with van der Waals surface area (Å²) in [7, 11) is 0. The first kappa shape index (κ1) is 11.2. The number of carbonyl (C=O) groups is 1. The second-order valence-corrected chi connectivity index (χ2v) is 4.97. The summed E-state index contributed by atoms with van der Waals surface area (Å²) in [6, 6.07) is 6.07. The molecule has 0 bridgehead atoms. The monoisotopic (exact) mass is 234 g/mol. The van der Waals surface area contributed by atoms with Gasteiger partial charge in [-0.3, -0.25) is 4.79 Å². The van der Waals surface area contributed by atoms with Crippen LogP contribution in [0, 0.1) is 11.3 Å². The Balaban J connectivity index is 1.97. The Bertz CT molecular complexity index is 388. The van der Waals surface area contributed by atoms with E-state index in [0.717, 1.165) is 30.8 Å². The molecule has 84 valence electrons. The van der Waals surface area contributed by atoms with Gasteiger partial charge < -0.3 is 4.90 Å². The van der Waals surface area contributed by atoms with Crippen LogP contribution in [-0.2, 0) is 4.79 Å². The Morgan fingerprint density at radius 3 is 2.88 bits per heavy atom. The highest BCUT2D eigenvalue weighted by molar-refractivity contribution is 7.10.